The molecule has 8 heteroatoms. The average molecular weight is 455 g/mol. The first-order valence-corrected chi connectivity index (χ1v) is 11.8. The Balaban J connectivity index is 1.41. The van der Waals surface area contributed by atoms with E-state index in [4.69, 9.17) is 0 Å². The lowest BCUT2D eigenvalue weighted by atomic mass is 9.95. The topological polar surface area (TPSA) is 88.5 Å². The molecule has 5 rings (SSSR count). The minimum Gasteiger partial charge on any atom is -0.310 e. The van der Waals surface area contributed by atoms with Crippen LogP contribution in [0.5, 0.6) is 0 Å². The second-order valence-electron chi connectivity index (χ2n) is 7.79. The molecule has 0 fully saturated rings. The normalized spacial score (nSPS) is 12.7. The van der Waals surface area contributed by atoms with Gasteiger partial charge in [0.15, 0.2) is 5.16 Å². The summed E-state index contributed by atoms with van der Waals surface area (Å²) in [6.45, 7) is 0. The number of benzene rings is 2. The van der Waals surface area contributed by atoms with Gasteiger partial charge in [0, 0.05) is 17.1 Å². The Morgan fingerprint density at radius 3 is 2.45 bits per heavy atom. The van der Waals surface area contributed by atoms with E-state index in [9.17, 15) is 10.1 Å². The van der Waals surface area contributed by atoms with Gasteiger partial charge in [-0.25, -0.2) is 0 Å². The first kappa shape index (κ1) is 21.0. The summed E-state index contributed by atoms with van der Waals surface area (Å²) in [5.74, 6) is 0.526. The van der Waals surface area contributed by atoms with Crippen LogP contribution in [-0.2, 0) is 17.6 Å². The Labute approximate surface area is 196 Å². The zero-order valence-corrected chi connectivity index (χ0v) is 18.8. The van der Waals surface area contributed by atoms with Crippen LogP contribution in [0, 0.1) is 11.3 Å². The molecule has 0 saturated heterocycles. The molecule has 0 unspecified atom stereocenters. The van der Waals surface area contributed by atoms with Gasteiger partial charge in [-0.1, -0.05) is 48.2 Å². The van der Waals surface area contributed by atoms with Crippen molar-refractivity contribution >= 4 is 23.5 Å². The van der Waals surface area contributed by atoms with Gasteiger partial charge in [0.2, 0.25) is 5.91 Å². The summed E-state index contributed by atoms with van der Waals surface area (Å²) in [7, 11) is 0. The molecule has 7 nitrogen and oxygen atoms in total. The highest BCUT2D eigenvalue weighted by Gasteiger charge is 2.26. The number of hydrogen-bond acceptors (Lipinski definition) is 5. The average Bonchev–Trinajstić information content (AvgIpc) is 3.46. The van der Waals surface area contributed by atoms with Gasteiger partial charge in [-0.15, -0.1) is 10.2 Å². The van der Waals surface area contributed by atoms with Crippen LogP contribution < -0.4 is 5.32 Å². The van der Waals surface area contributed by atoms with Gasteiger partial charge < -0.3 is 5.32 Å². The zero-order chi connectivity index (χ0) is 22.6. The molecular formula is C25H22N6OS. The molecule has 0 spiro atoms. The molecule has 0 radical (unpaired) electrons. The van der Waals surface area contributed by atoms with Crippen molar-refractivity contribution in [2.24, 2.45) is 0 Å². The molecule has 1 amide bonds. The van der Waals surface area contributed by atoms with Crippen LogP contribution in [0.2, 0.25) is 0 Å². The number of carbonyl (C=O) groups is 1. The molecule has 0 atom stereocenters. The number of rotatable bonds is 6. The summed E-state index contributed by atoms with van der Waals surface area (Å²) < 4.78 is 3.89. The summed E-state index contributed by atoms with van der Waals surface area (Å²) in [6, 6.07) is 22.0. The summed E-state index contributed by atoms with van der Waals surface area (Å²) in [4.78, 5) is 13.0. The number of fused-ring (bicyclic) bond motifs is 1. The number of para-hydroxylation sites is 2. The molecule has 2 aromatic carbocycles. The predicted molar refractivity (Wildman–Crippen MR) is 128 cm³/mol. The smallest absolute Gasteiger partial charge is 0.236 e. The number of thioether (sulfide) groups is 1. The monoisotopic (exact) mass is 454 g/mol. The lowest BCUT2D eigenvalue weighted by molar-refractivity contribution is -0.113. The molecule has 1 aliphatic carbocycles. The number of carbonyl (C=O) groups excluding carboxylic acids is 1. The Kier molecular flexibility index (Phi) is 5.96. The van der Waals surface area contributed by atoms with Crippen molar-refractivity contribution in [1.82, 2.24) is 19.3 Å². The SMILES string of the molecule is N#Cc1c2c(n(-c3ccccc3)c1NC(=O)CSc1nncn1-c1ccccc1)CCCC2. The number of amides is 1. The number of aromatic nitrogens is 4. The molecule has 0 saturated carbocycles. The molecule has 1 aliphatic rings. The van der Waals surface area contributed by atoms with E-state index >= 15 is 0 Å². The second kappa shape index (κ2) is 9.35. The number of hydrogen-bond donors (Lipinski definition) is 1. The van der Waals surface area contributed by atoms with Gasteiger partial charge in [0.25, 0.3) is 0 Å². The predicted octanol–water partition coefficient (Wildman–Crippen LogP) is 4.54. The van der Waals surface area contributed by atoms with Gasteiger partial charge >= 0.3 is 0 Å². The van der Waals surface area contributed by atoms with E-state index in [2.05, 4.69) is 21.6 Å². The van der Waals surface area contributed by atoms with Crippen molar-refractivity contribution in [3.8, 4) is 17.4 Å². The molecule has 0 aliphatic heterocycles. The van der Waals surface area contributed by atoms with E-state index in [0.717, 1.165) is 48.3 Å². The van der Waals surface area contributed by atoms with Crippen molar-refractivity contribution in [2.75, 3.05) is 11.1 Å². The van der Waals surface area contributed by atoms with E-state index in [1.807, 2.05) is 69.8 Å². The Bertz CT molecular complexity index is 1320. The molecule has 164 valence electrons. The largest absolute Gasteiger partial charge is 0.310 e. The molecule has 0 bridgehead atoms. The highest BCUT2D eigenvalue weighted by atomic mass is 32.2. The van der Waals surface area contributed by atoms with Crippen molar-refractivity contribution in [3.63, 3.8) is 0 Å². The first-order valence-electron chi connectivity index (χ1n) is 10.9. The van der Waals surface area contributed by atoms with Gasteiger partial charge in [-0.3, -0.25) is 13.9 Å². The maximum absolute atomic E-state index is 13.0. The van der Waals surface area contributed by atoms with E-state index in [1.54, 1.807) is 6.33 Å². The summed E-state index contributed by atoms with van der Waals surface area (Å²) in [5.41, 5.74) is 4.63. The molecule has 4 aromatic rings. The van der Waals surface area contributed by atoms with E-state index < -0.39 is 0 Å². The highest BCUT2D eigenvalue weighted by Crippen LogP contribution is 2.35. The number of anilines is 1. The minimum absolute atomic E-state index is 0.154. The molecular weight excluding hydrogens is 432 g/mol. The van der Waals surface area contributed by atoms with Crippen molar-refractivity contribution in [1.29, 1.82) is 5.26 Å². The summed E-state index contributed by atoms with van der Waals surface area (Å²) in [6.07, 6.45) is 5.52. The van der Waals surface area contributed by atoms with Crippen molar-refractivity contribution in [3.05, 3.63) is 83.8 Å². The van der Waals surface area contributed by atoms with Crippen LogP contribution in [0.1, 0.15) is 29.7 Å². The lowest BCUT2D eigenvalue weighted by Gasteiger charge is -2.17. The van der Waals surface area contributed by atoms with Crippen molar-refractivity contribution < 1.29 is 4.79 Å². The fraction of sp³-hybridized carbons (Fsp3) is 0.200. The standard InChI is InChI=1S/C25H22N6OS/c26-15-21-20-13-7-8-14-22(20)31(19-11-5-2-6-12-19)24(21)28-23(32)16-33-25-29-27-17-30(25)18-9-3-1-4-10-18/h1-6,9-12,17H,7-8,13-14,16H2,(H,28,32). The Morgan fingerprint density at radius 1 is 1.03 bits per heavy atom. The van der Waals surface area contributed by atoms with Crippen LogP contribution >= 0.6 is 11.8 Å². The van der Waals surface area contributed by atoms with Gasteiger partial charge in [-0.2, -0.15) is 5.26 Å². The number of nitrogens with one attached hydrogen (secondary N) is 1. The third-order valence-electron chi connectivity index (χ3n) is 5.74. The first-order chi connectivity index (χ1) is 16.3. The minimum atomic E-state index is -0.189. The summed E-state index contributed by atoms with van der Waals surface area (Å²) >= 11 is 1.31. The third kappa shape index (κ3) is 4.15. The van der Waals surface area contributed by atoms with Gasteiger partial charge in [-0.05, 0) is 55.5 Å². The molecule has 2 aromatic heterocycles. The van der Waals surface area contributed by atoms with Crippen LogP contribution in [-0.4, -0.2) is 31.0 Å². The molecule has 1 N–H and O–H groups in total. The fourth-order valence-corrected chi connectivity index (χ4v) is 5.01. The maximum atomic E-state index is 13.0. The van der Waals surface area contributed by atoms with Gasteiger partial charge in [0.05, 0.1) is 11.3 Å². The Morgan fingerprint density at radius 2 is 1.73 bits per heavy atom. The van der Waals surface area contributed by atoms with E-state index in [-0.39, 0.29) is 11.7 Å². The Hall–Kier alpha value is -3.83. The maximum Gasteiger partial charge on any atom is 0.236 e. The fourth-order valence-electron chi connectivity index (χ4n) is 4.28. The van der Waals surface area contributed by atoms with Crippen LogP contribution in [0.25, 0.3) is 11.4 Å². The van der Waals surface area contributed by atoms with Crippen LogP contribution in [0.4, 0.5) is 5.82 Å². The second-order valence-corrected chi connectivity index (χ2v) is 8.74. The molecule has 2 heterocycles. The zero-order valence-electron chi connectivity index (χ0n) is 17.9. The van der Waals surface area contributed by atoms with E-state index in [0.29, 0.717) is 16.5 Å². The van der Waals surface area contributed by atoms with Crippen molar-refractivity contribution in [2.45, 2.75) is 30.8 Å². The number of nitriles is 1. The quantitative estimate of drug-likeness (QED) is 0.432. The highest BCUT2D eigenvalue weighted by molar-refractivity contribution is 7.99. The summed E-state index contributed by atoms with van der Waals surface area (Å²) in [5, 5.41) is 21.8. The van der Waals surface area contributed by atoms with Crippen LogP contribution in [0.15, 0.2) is 72.1 Å². The van der Waals surface area contributed by atoms with Crippen LogP contribution in [0.3, 0.4) is 0 Å². The van der Waals surface area contributed by atoms with E-state index in [1.165, 1.54) is 11.8 Å². The number of nitrogens with zero attached hydrogens (tertiary/aromatic N) is 5. The molecule has 33 heavy (non-hydrogen) atoms. The third-order valence-corrected chi connectivity index (χ3v) is 6.68. The van der Waals surface area contributed by atoms with Gasteiger partial charge in [0.1, 0.15) is 18.2 Å². The lowest BCUT2D eigenvalue weighted by Crippen LogP contribution is -2.18.